The summed E-state index contributed by atoms with van der Waals surface area (Å²) in [7, 11) is 1.99. The molecule has 2 aliphatic carbocycles. The molecule has 0 saturated heterocycles. The van der Waals surface area contributed by atoms with Crippen molar-refractivity contribution in [2.45, 2.75) is 84.4 Å². The van der Waals surface area contributed by atoms with Crippen LogP contribution in [0.25, 0.3) is 0 Å². The van der Waals surface area contributed by atoms with Gasteiger partial charge in [0, 0.05) is 31.7 Å². The SMILES string of the molecule is CCCCNC(=NCc1nnc(C)n1C)NC1CC(OCC)C12CCCC2. The first-order valence-electron chi connectivity index (χ1n) is 10.6. The van der Waals surface area contributed by atoms with Crippen molar-refractivity contribution in [3.8, 4) is 0 Å². The van der Waals surface area contributed by atoms with Gasteiger partial charge in [0.05, 0.1) is 6.10 Å². The van der Waals surface area contributed by atoms with Crippen molar-refractivity contribution in [1.29, 1.82) is 0 Å². The summed E-state index contributed by atoms with van der Waals surface area (Å²) in [4.78, 5) is 4.82. The highest BCUT2D eigenvalue weighted by molar-refractivity contribution is 5.80. The number of hydrogen-bond acceptors (Lipinski definition) is 4. The minimum atomic E-state index is 0.296. The molecule has 2 fully saturated rings. The topological polar surface area (TPSA) is 76.4 Å². The Kier molecular flexibility index (Phi) is 6.73. The van der Waals surface area contributed by atoms with E-state index in [1.165, 1.54) is 32.1 Å². The maximum atomic E-state index is 6.05. The van der Waals surface area contributed by atoms with E-state index in [-0.39, 0.29) is 0 Å². The van der Waals surface area contributed by atoms with Crippen molar-refractivity contribution >= 4 is 5.96 Å². The summed E-state index contributed by atoms with van der Waals surface area (Å²) in [5, 5.41) is 15.6. The number of nitrogens with zero attached hydrogens (tertiary/aromatic N) is 4. The van der Waals surface area contributed by atoms with Gasteiger partial charge >= 0.3 is 0 Å². The lowest BCUT2D eigenvalue weighted by Gasteiger charge is -2.54. The fourth-order valence-corrected chi connectivity index (χ4v) is 4.53. The fraction of sp³-hybridized carbons (Fsp3) is 0.850. The number of guanidine groups is 1. The molecule has 1 heterocycles. The van der Waals surface area contributed by atoms with E-state index in [0.29, 0.717) is 24.1 Å². The first-order valence-corrected chi connectivity index (χ1v) is 10.6. The van der Waals surface area contributed by atoms with Gasteiger partial charge in [-0.05, 0) is 39.5 Å². The molecule has 0 bridgehead atoms. The molecule has 2 saturated carbocycles. The Morgan fingerprint density at radius 2 is 2.07 bits per heavy atom. The highest BCUT2D eigenvalue weighted by Gasteiger charge is 2.56. The summed E-state index contributed by atoms with van der Waals surface area (Å²) in [5.41, 5.74) is 0.296. The lowest BCUT2D eigenvalue weighted by atomic mass is 9.60. The Bertz CT molecular complexity index is 634. The van der Waals surface area contributed by atoms with E-state index in [4.69, 9.17) is 9.73 Å². The summed E-state index contributed by atoms with van der Waals surface area (Å²) < 4.78 is 8.05. The second kappa shape index (κ2) is 9.04. The predicted molar refractivity (Wildman–Crippen MR) is 108 cm³/mol. The average Bonchev–Trinajstić information content (AvgIpc) is 3.29. The van der Waals surface area contributed by atoms with Crippen molar-refractivity contribution in [2.75, 3.05) is 13.2 Å². The normalized spacial score (nSPS) is 24.2. The van der Waals surface area contributed by atoms with Crippen LogP contribution in [-0.4, -0.2) is 46.0 Å². The van der Waals surface area contributed by atoms with Crippen molar-refractivity contribution in [1.82, 2.24) is 25.4 Å². The molecular formula is C20H36N6O. The molecule has 2 atom stereocenters. The van der Waals surface area contributed by atoms with E-state index in [0.717, 1.165) is 43.6 Å². The van der Waals surface area contributed by atoms with Crippen LogP contribution < -0.4 is 10.6 Å². The Hall–Kier alpha value is -1.63. The third-order valence-corrected chi connectivity index (χ3v) is 6.38. The summed E-state index contributed by atoms with van der Waals surface area (Å²) in [6, 6.07) is 0.450. The number of unbranched alkanes of at least 4 members (excludes halogenated alkanes) is 1. The van der Waals surface area contributed by atoms with Gasteiger partial charge in [-0.2, -0.15) is 0 Å². The van der Waals surface area contributed by atoms with Gasteiger partial charge in [-0.3, -0.25) is 0 Å². The van der Waals surface area contributed by atoms with Crippen LogP contribution in [0.15, 0.2) is 4.99 Å². The molecule has 1 spiro atoms. The largest absolute Gasteiger partial charge is 0.378 e. The quantitative estimate of drug-likeness (QED) is 0.414. The van der Waals surface area contributed by atoms with Crippen LogP contribution in [0.2, 0.25) is 0 Å². The van der Waals surface area contributed by atoms with E-state index in [9.17, 15) is 0 Å². The van der Waals surface area contributed by atoms with Crippen LogP contribution >= 0.6 is 0 Å². The lowest BCUT2D eigenvalue weighted by molar-refractivity contribution is -0.125. The number of nitrogens with one attached hydrogen (secondary N) is 2. The molecule has 3 rings (SSSR count). The maximum Gasteiger partial charge on any atom is 0.191 e. The molecule has 27 heavy (non-hydrogen) atoms. The smallest absolute Gasteiger partial charge is 0.191 e. The number of aryl methyl sites for hydroxylation is 1. The molecule has 1 aromatic heterocycles. The van der Waals surface area contributed by atoms with E-state index < -0.39 is 0 Å². The number of ether oxygens (including phenoxy) is 1. The molecular weight excluding hydrogens is 340 g/mol. The van der Waals surface area contributed by atoms with E-state index >= 15 is 0 Å². The van der Waals surface area contributed by atoms with E-state index in [1.807, 2.05) is 18.5 Å². The Morgan fingerprint density at radius 1 is 1.30 bits per heavy atom. The molecule has 2 unspecified atom stereocenters. The van der Waals surface area contributed by atoms with Gasteiger partial charge in [-0.1, -0.05) is 26.2 Å². The predicted octanol–water partition coefficient (Wildman–Crippen LogP) is 2.70. The second-order valence-corrected chi connectivity index (χ2v) is 7.98. The summed E-state index contributed by atoms with van der Waals surface area (Å²) in [6.07, 6.45) is 8.95. The first-order chi connectivity index (χ1) is 13.1. The molecule has 2 aliphatic rings. The first kappa shape index (κ1) is 20.1. The Morgan fingerprint density at radius 3 is 2.70 bits per heavy atom. The molecule has 1 aromatic rings. The zero-order valence-corrected chi connectivity index (χ0v) is 17.4. The summed E-state index contributed by atoms with van der Waals surface area (Å²) >= 11 is 0. The molecule has 152 valence electrons. The van der Waals surface area contributed by atoms with Gasteiger partial charge in [0.1, 0.15) is 12.4 Å². The van der Waals surface area contributed by atoms with Crippen molar-refractivity contribution < 1.29 is 4.74 Å². The van der Waals surface area contributed by atoms with Gasteiger partial charge in [0.2, 0.25) is 0 Å². The van der Waals surface area contributed by atoms with Gasteiger partial charge < -0.3 is 19.9 Å². The maximum absolute atomic E-state index is 6.05. The van der Waals surface area contributed by atoms with Crippen molar-refractivity contribution in [3.05, 3.63) is 11.6 Å². The van der Waals surface area contributed by atoms with Gasteiger partial charge in [-0.15, -0.1) is 10.2 Å². The highest BCUT2D eigenvalue weighted by Crippen LogP contribution is 2.54. The molecule has 7 nitrogen and oxygen atoms in total. The Labute approximate surface area is 163 Å². The van der Waals surface area contributed by atoms with Gasteiger partial charge in [0.25, 0.3) is 0 Å². The summed E-state index contributed by atoms with van der Waals surface area (Å²) in [5.74, 6) is 2.70. The van der Waals surface area contributed by atoms with Crippen molar-refractivity contribution in [3.63, 3.8) is 0 Å². The fourth-order valence-electron chi connectivity index (χ4n) is 4.53. The van der Waals surface area contributed by atoms with Crippen LogP contribution in [0.1, 0.15) is 70.4 Å². The van der Waals surface area contributed by atoms with Crippen LogP contribution in [-0.2, 0) is 18.3 Å². The zero-order chi connectivity index (χ0) is 19.3. The van der Waals surface area contributed by atoms with Crippen LogP contribution in [0.4, 0.5) is 0 Å². The third-order valence-electron chi connectivity index (χ3n) is 6.38. The second-order valence-electron chi connectivity index (χ2n) is 7.98. The lowest BCUT2D eigenvalue weighted by Crippen LogP contribution is -2.65. The van der Waals surface area contributed by atoms with Crippen LogP contribution in [0.5, 0.6) is 0 Å². The molecule has 0 aliphatic heterocycles. The molecule has 0 amide bonds. The molecule has 2 N–H and O–H groups in total. The molecule has 0 radical (unpaired) electrons. The standard InChI is InChI=1S/C20H36N6O/c1-5-7-12-21-19(22-14-18-25-24-15(3)26(18)4)23-16-13-17(27-6-2)20(16)10-8-9-11-20/h16-17H,5-14H2,1-4H3,(H2,21,22,23). The number of aliphatic imine (C=N–C) groups is 1. The van der Waals surface area contributed by atoms with Crippen LogP contribution in [0, 0.1) is 12.3 Å². The number of aromatic nitrogens is 3. The molecule has 0 aromatic carbocycles. The Balaban J connectivity index is 1.67. The molecule has 7 heteroatoms. The minimum Gasteiger partial charge on any atom is -0.378 e. The number of rotatable bonds is 8. The minimum absolute atomic E-state index is 0.296. The third kappa shape index (κ3) is 4.28. The number of hydrogen-bond donors (Lipinski definition) is 2. The van der Waals surface area contributed by atoms with Gasteiger partial charge in [-0.25, -0.2) is 4.99 Å². The summed E-state index contributed by atoms with van der Waals surface area (Å²) in [6.45, 7) is 8.55. The monoisotopic (exact) mass is 376 g/mol. The van der Waals surface area contributed by atoms with Crippen molar-refractivity contribution in [2.24, 2.45) is 17.5 Å². The van der Waals surface area contributed by atoms with Crippen LogP contribution in [0.3, 0.4) is 0 Å². The van der Waals surface area contributed by atoms with Gasteiger partial charge in [0.15, 0.2) is 11.8 Å². The highest BCUT2D eigenvalue weighted by atomic mass is 16.5. The van der Waals surface area contributed by atoms with E-state index in [2.05, 4.69) is 34.7 Å². The average molecular weight is 377 g/mol. The van der Waals surface area contributed by atoms with E-state index in [1.54, 1.807) is 0 Å². The zero-order valence-electron chi connectivity index (χ0n) is 17.4.